The van der Waals surface area contributed by atoms with E-state index in [1.807, 2.05) is 6.92 Å². The second kappa shape index (κ2) is 7.72. The molecular formula is C19H14NO4S2-. The smallest absolute Gasteiger partial charge is 0.270 e. The van der Waals surface area contributed by atoms with Crippen LogP contribution in [-0.4, -0.2) is 22.8 Å². The Balaban J connectivity index is 1.91. The van der Waals surface area contributed by atoms with Crippen molar-refractivity contribution in [1.82, 2.24) is 0 Å². The number of ether oxygens (including phenoxy) is 1. The van der Waals surface area contributed by atoms with Crippen molar-refractivity contribution in [1.29, 1.82) is 0 Å². The second-order valence-electron chi connectivity index (χ2n) is 5.32. The van der Waals surface area contributed by atoms with E-state index < -0.39 is 5.97 Å². The van der Waals surface area contributed by atoms with Gasteiger partial charge in [0.15, 0.2) is 4.32 Å². The predicted octanol–water partition coefficient (Wildman–Crippen LogP) is 2.85. The molecular weight excluding hydrogens is 370 g/mol. The van der Waals surface area contributed by atoms with Crippen molar-refractivity contribution in [2.24, 2.45) is 0 Å². The molecule has 1 fully saturated rings. The zero-order valence-corrected chi connectivity index (χ0v) is 15.4. The maximum atomic E-state index is 12.8. The van der Waals surface area contributed by atoms with Gasteiger partial charge in [0.2, 0.25) is 0 Å². The molecule has 1 amide bonds. The maximum absolute atomic E-state index is 12.8. The SMILES string of the molecule is CCOc1ccc(N2C(=O)C(=Cc3ccccc3C(=O)[O-])SC2=S)cc1. The number of carboxylic acids is 1. The van der Waals surface area contributed by atoms with Gasteiger partial charge in [0.1, 0.15) is 5.75 Å². The van der Waals surface area contributed by atoms with Crippen LogP contribution in [0.25, 0.3) is 6.08 Å². The third-order valence-corrected chi connectivity index (χ3v) is 4.97. The van der Waals surface area contributed by atoms with Crippen LogP contribution in [0.1, 0.15) is 22.8 Å². The number of anilines is 1. The van der Waals surface area contributed by atoms with Crippen LogP contribution in [0, 0.1) is 0 Å². The highest BCUT2D eigenvalue weighted by atomic mass is 32.2. The van der Waals surface area contributed by atoms with Crippen molar-refractivity contribution in [3.63, 3.8) is 0 Å². The molecule has 0 aliphatic carbocycles. The van der Waals surface area contributed by atoms with E-state index in [4.69, 9.17) is 17.0 Å². The molecule has 5 nitrogen and oxygen atoms in total. The molecule has 0 spiro atoms. The third-order valence-electron chi connectivity index (χ3n) is 3.67. The van der Waals surface area contributed by atoms with Gasteiger partial charge in [0.05, 0.1) is 23.2 Å². The number of rotatable bonds is 5. The molecule has 0 atom stereocenters. The van der Waals surface area contributed by atoms with Gasteiger partial charge in [0, 0.05) is 5.56 Å². The van der Waals surface area contributed by atoms with E-state index in [9.17, 15) is 14.7 Å². The van der Waals surface area contributed by atoms with E-state index in [1.165, 1.54) is 17.0 Å². The van der Waals surface area contributed by atoms with Gasteiger partial charge in [-0.25, -0.2) is 0 Å². The van der Waals surface area contributed by atoms with Crippen LogP contribution in [0.4, 0.5) is 5.69 Å². The highest BCUT2D eigenvalue weighted by Crippen LogP contribution is 2.36. The summed E-state index contributed by atoms with van der Waals surface area (Å²) in [4.78, 5) is 25.8. The van der Waals surface area contributed by atoms with Crippen molar-refractivity contribution in [2.75, 3.05) is 11.5 Å². The molecule has 0 saturated carbocycles. The summed E-state index contributed by atoms with van der Waals surface area (Å²) >= 11 is 6.46. The first-order valence-electron chi connectivity index (χ1n) is 7.82. The summed E-state index contributed by atoms with van der Waals surface area (Å²) < 4.78 is 5.78. The highest BCUT2D eigenvalue weighted by Gasteiger charge is 2.33. The summed E-state index contributed by atoms with van der Waals surface area (Å²) in [5.74, 6) is -0.878. The van der Waals surface area contributed by atoms with Crippen LogP contribution in [0.15, 0.2) is 53.4 Å². The monoisotopic (exact) mass is 384 g/mol. The molecule has 0 radical (unpaired) electrons. The number of hydrogen-bond donors (Lipinski definition) is 0. The molecule has 3 rings (SSSR count). The number of nitrogens with zero attached hydrogens (tertiary/aromatic N) is 1. The fourth-order valence-corrected chi connectivity index (χ4v) is 3.79. The van der Waals surface area contributed by atoms with Gasteiger partial charge in [-0.15, -0.1) is 0 Å². The van der Waals surface area contributed by atoms with Crippen molar-refractivity contribution in [3.05, 3.63) is 64.6 Å². The fourth-order valence-electron chi connectivity index (χ4n) is 2.50. The normalized spacial score (nSPS) is 15.6. The number of carboxylic acid groups (broad SMARTS) is 1. The third kappa shape index (κ3) is 3.63. The number of carbonyl (C=O) groups excluding carboxylic acids is 2. The number of hydrogen-bond acceptors (Lipinski definition) is 6. The van der Waals surface area contributed by atoms with Gasteiger partial charge >= 0.3 is 0 Å². The summed E-state index contributed by atoms with van der Waals surface area (Å²) in [6.07, 6.45) is 1.53. The van der Waals surface area contributed by atoms with Crippen LogP contribution in [0.5, 0.6) is 5.75 Å². The Kier molecular flexibility index (Phi) is 5.39. The van der Waals surface area contributed by atoms with E-state index in [-0.39, 0.29) is 11.5 Å². The quantitative estimate of drug-likeness (QED) is 0.583. The maximum Gasteiger partial charge on any atom is 0.270 e. The van der Waals surface area contributed by atoms with Crippen molar-refractivity contribution < 1.29 is 19.4 Å². The van der Waals surface area contributed by atoms with Gasteiger partial charge in [-0.3, -0.25) is 9.69 Å². The minimum Gasteiger partial charge on any atom is -0.545 e. The molecule has 0 bridgehead atoms. The molecule has 1 aliphatic rings. The highest BCUT2D eigenvalue weighted by molar-refractivity contribution is 8.27. The zero-order valence-electron chi connectivity index (χ0n) is 13.8. The summed E-state index contributed by atoms with van der Waals surface area (Å²) in [7, 11) is 0. The molecule has 7 heteroatoms. The Bertz CT molecular complexity index is 906. The van der Waals surface area contributed by atoms with Crippen LogP contribution in [0.2, 0.25) is 0 Å². The topological polar surface area (TPSA) is 69.7 Å². The minimum atomic E-state index is -1.29. The van der Waals surface area contributed by atoms with Crippen LogP contribution in [-0.2, 0) is 4.79 Å². The first-order chi connectivity index (χ1) is 12.5. The number of carbonyl (C=O) groups is 2. The molecule has 1 saturated heterocycles. The van der Waals surface area contributed by atoms with Crippen LogP contribution < -0.4 is 14.7 Å². The second-order valence-corrected chi connectivity index (χ2v) is 6.99. The standard InChI is InChI=1S/C19H15NO4S2/c1-2-24-14-9-7-13(8-10-14)20-17(21)16(26-19(20)25)11-12-5-3-4-6-15(12)18(22)23/h3-11H,2H2,1H3,(H,22,23)/p-1. The number of thiocarbonyl (C=S) groups is 1. The zero-order chi connectivity index (χ0) is 18.7. The Morgan fingerprint density at radius 2 is 1.92 bits per heavy atom. The summed E-state index contributed by atoms with van der Waals surface area (Å²) in [5, 5.41) is 11.2. The molecule has 1 aliphatic heterocycles. The molecule has 2 aromatic carbocycles. The molecule has 26 heavy (non-hydrogen) atoms. The van der Waals surface area contributed by atoms with E-state index in [0.717, 1.165) is 11.8 Å². The molecule has 0 aromatic heterocycles. The van der Waals surface area contributed by atoms with Gasteiger partial charge in [-0.1, -0.05) is 48.2 Å². The number of benzene rings is 2. The van der Waals surface area contributed by atoms with Crippen LogP contribution >= 0.6 is 24.0 Å². The lowest BCUT2D eigenvalue weighted by Crippen LogP contribution is -2.27. The van der Waals surface area contributed by atoms with Gasteiger partial charge < -0.3 is 14.6 Å². The molecule has 1 heterocycles. The average Bonchev–Trinajstić information content (AvgIpc) is 2.90. The lowest BCUT2D eigenvalue weighted by atomic mass is 10.1. The van der Waals surface area contributed by atoms with Gasteiger partial charge in [-0.2, -0.15) is 0 Å². The van der Waals surface area contributed by atoms with E-state index in [1.54, 1.807) is 42.5 Å². The Labute approximate surface area is 160 Å². The number of thioether (sulfide) groups is 1. The van der Waals surface area contributed by atoms with Crippen molar-refractivity contribution in [2.45, 2.75) is 6.92 Å². The molecule has 2 aromatic rings. The number of amides is 1. The summed E-state index contributed by atoms with van der Waals surface area (Å²) in [5.41, 5.74) is 1.06. The summed E-state index contributed by atoms with van der Waals surface area (Å²) in [6, 6.07) is 13.4. The average molecular weight is 384 g/mol. The summed E-state index contributed by atoms with van der Waals surface area (Å²) in [6.45, 7) is 2.45. The Morgan fingerprint density at radius 1 is 1.23 bits per heavy atom. The minimum absolute atomic E-state index is 0.0267. The van der Waals surface area contributed by atoms with E-state index in [0.29, 0.717) is 32.8 Å². The Hall–Kier alpha value is -2.64. The van der Waals surface area contributed by atoms with Gasteiger partial charge in [0.25, 0.3) is 5.91 Å². The van der Waals surface area contributed by atoms with E-state index >= 15 is 0 Å². The Morgan fingerprint density at radius 3 is 2.58 bits per heavy atom. The van der Waals surface area contributed by atoms with Crippen LogP contribution in [0.3, 0.4) is 0 Å². The molecule has 0 N–H and O–H groups in total. The predicted molar refractivity (Wildman–Crippen MR) is 104 cm³/mol. The molecule has 132 valence electrons. The van der Waals surface area contributed by atoms with Crippen molar-refractivity contribution in [3.8, 4) is 5.75 Å². The largest absolute Gasteiger partial charge is 0.545 e. The number of aromatic carboxylic acids is 1. The molecule has 0 unspecified atom stereocenters. The van der Waals surface area contributed by atoms with Gasteiger partial charge in [-0.05, 0) is 42.8 Å². The van der Waals surface area contributed by atoms with Crippen molar-refractivity contribution >= 4 is 51.9 Å². The lowest BCUT2D eigenvalue weighted by Gasteiger charge is -2.15. The fraction of sp³-hybridized carbons (Fsp3) is 0.105. The lowest BCUT2D eigenvalue weighted by molar-refractivity contribution is -0.255. The first kappa shape index (κ1) is 18.2. The first-order valence-corrected chi connectivity index (χ1v) is 9.05. The van der Waals surface area contributed by atoms with E-state index in [2.05, 4.69) is 0 Å².